The fourth-order valence-corrected chi connectivity index (χ4v) is 4.84. The van der Waals surface area contributed by atoms with Crippen molar-refractivity contribution >= 4 is 40.7 Å². The van der Waals surface area contributed by atoms with Crippen LogP contribution in [0, 0.1) is 5.82 Å². The second-order valence-corrected chi connectivity index (χ2v) is 11.2. The zero-order valence-electron chi connectivity index (χ0n) is 23.5. The maximum atomic E-state index is 13.9. The van der Waals surface area contributed by atoms with E-state index in [4.69, 9.17) is 48.1 Å². The molecule has 0 fully saturated rings. The highest BCUT2D eigenvalue weighted by Crippen LogP contribution is 2.35. The Morgan fingerprint density at radius 1 is 1.10 bits per heavy atom. The fraction of sp³-hybridized carbons (Fsp3) is 0.367. The monoisotopic (exact) mass is 602 g/mol. The second kappa shape index (κ2) is 13.0. The van der Waals surface area contributed by atoms with Gasteiger partial charge in [-0.15, -0.1) is 0 Å². The van der Waals surface area contributed by atoms with Crippen molar-refractivity contribution in [3.63, 3.8) is 0 Å². The van der Waals surface area contributed by atoms with Crippen LogP contribution in [-0.2, 0) is 11.2 Å². The Labute approximate surface area is 249 Å². The molecule has 218 valence electrons. The number of amides is 1. The summed E-state index contributed by atoms with van der Waals surface area (Å²) in [6.45, 7) is 9.01. The molecule has 11 heteroatoms. The summed E-state index contributed by atoms with van der Waals surface area (Å²) in [5.74, 6) is 0.656. The summed E-state index contributed by atoms with van der Waals surface area (Å²) < 4.78 is 31.2. The minimum absolute atomic E-state index is 0.0267. The number of aromatic nitrogens is 2. The maximum Gasteiger partial charge on any atom is 0.410 e. The van der Waals surface area contributed by atoms with Gasteiger partial charge in [0.25, 0.3) is 0 Å². The molecule has 0 spiro atoms. The van der Waals surface area contributed by atoms with E-state index in [0.29, 0.717) is 48.2 Å². The van der Waals surface area contributed by atoms with Gasteiger partial charge in [-0.25, -0.2) is 14.2 Å². The van der Waals surface area contributed by atoms with E-state index in [1.807, 2.05) is 39.8 Å². The molecule has 0 saturated heterocycles. The average Bonchev–Trinajstić information content (AvgIpc) is 2.93. The third-order valence-corrected chi connectivity index (χ3v) is 7.04. The first kappa shape index (κ1) is 30.4. The molecule has 0 saturated carbocycles. The van der Waals surface area contributed by atoms with Crippen LogP contribution in [0.15, 0.2) is 42.7 Å². The standard InChI is InChI=1S/C30H33Cl2FN4O4/c1-5-39-24-14-19(16-35-27(24)18-8-11-37(12-9-18)29(38)41-30(2,3)4)20-15-25(28(34)36-17-20)40-13-10-21-22(31)6-7-23(33)26(21)32/h6-8,14-17H,5,9-13H2,1-4H3,(H2,34,36). The predicted octanol–water partition coefficient (Wildman–Crippen LogP) is 7.22. The molecule has 2 N–H and O–H groups in total. The normalized spacial score (nSPS) is 13.5. The van der Waals surface area contributed by atoms with Gasteiger partial charge in [0.05, 0.1) is 18.2 Å². The Hall–Kier alpha value is -3.56. The van der Waals surface area contributed by atoms with Crippen molar-refractivity contribution in [2.45, 2.75) is 46.1 Å². The number of anilines is 1. The number of nitrogen functional groups attached to an aromatic ring is 1. The molecule has 2 aromatic heterocycles. The lowest BCUT2D eigenvalue weighted by atomic mass is 10.0. The third kappa shape index (κ3) is 7.59. The summed E-state index contributed by atoms with van der Waals surface area (Å²) in [6.07, 6.45) is 5.91. The van der Waals surface area contributed by atoms with Gasteiger partial charge >= 0.3 is 6.09 Å². The van der Waals surface area contributed by atoms with Crippen molar-refractivity contribution in [1.82, 2.24) is 14.9 Å². The van der Waals surface area contributed by atoms with Crippen molar-refractivity contribution in [2.24, 2.45) is 0 Å². The van der Waals surface area contributed by atoms with E-state index >= 15 is 0 Å². The number of benzene rings is 1. The lowest BCUT2D eigenvalue weighted by Crippen LogP contribution is -2.39. The Bertz CT molecular complexity index is 1460. The van der Waals surface area contributed by atoms with Gasteiger partial charge < -0.3 is 24.8 Å². The molecule has 1 aliphatic rings. The van der Waals surface area contributed by atoms with Crippen molar-refractivity contribution in [1.29, 1.82) is 0 Å². The molecule has 0 atom stereocenters. The van der Waals surface area contributed by atoms with Gasteiger partial charge in [0.2, 0.25) is 0 Å². The Balaban J connectivity index is 1.51. The van der Waals surface area contributed by atoms with Crippen molar-refractivity contribution < 1.29 is 23.4 Å². The number of ether oxygens (including phenoxy) is 3. The van der Waals surface area contributed by atoms with Crippen LogP contribution in [0.3, 0.4) is 0 Å². The van der Waals surface area contributed by atoms with Crippen LogP contribution < -0.4 is 15.2 Å². The molecule has 41 heavy (non-hydrogen) atoms. The lowest BCUT2D eigenvalue weighted by Gasteiger charge is -2.29. The maximum absolute atomic E-state index is 13.9. The number of carbonyl (C=O) groups is 1. The van der Waals surface area contributed by atoms with E-state index in [1.54, 1.807) is 23.4 Å². The van der Waals surface area contributed by atoms with Gasteiger partial charge in [0, 0.05) is 48.1 Å². The summed E-state index contributed by atoms with van der Waals surface area (Å²) >= 11 is 12.3. The molecule has 1 amide bonds. The number of rotatable bonds is 8. The summed E-state index contributed by atoms with van der Waals surface area (Å²) in [5, 5.41) is 0.335. The van der Waals surface area contributed by atoms with Crippen molar-refractivity contribution in [3.8, 4) is 22.6 Å². The highest BCUT2D eigenvalue weighted by Gasteiger charge is 2.25. The highest BCUT2D eigenvalue weighted by atomic mass is 35.5. The summed E-state index contributed by atoms with van der Waals surface area (Å²) in [6, 6.07) is 6.35. The Morgan fingerprint density at radius 2 is 1.80 bits per heavy atom. The molecule has 8 nitrogen and oxygen atoms in total. The van der Waals surface area contributed by atoms with Crippen molar-refractivity contribution in [3.05, 3.63) is 69.9 Å². The van der Waals surface area contributed by atoms with E-state index in [-0.39, 0.29) is 30.0 Å². The molecule has 1 aliphatic heterocycles. The largest absolute Gasteiger partial charge is 0.492 e. The topological polar surface area (TPSA) is 99.8 Å². The van der Waals surface area contributed by atoms with Crippen molar-refractivity contribution in [2.75, 3.05) is 32.0 Å². The van der Waals surface area contributed by atoms with Gasteiger partial charge in [0.15, 0.2) is 11.6 Å². The lowest BCUT2D eigenvalue weighted by molar-refractivity contribution is 0.0270. The van der Waals surface area contributed by atoms with Crippen LogP contribution in [0.25, 0.3) is 16.7 Å². The number of hydrogen-bond acceptors (Lipinski definition) is 7. The third-order valence-electron chi connectivity index (χ3n) is 6.28. The van der Waals surface area contributed by atoms with Crippen LogP contribution in [0.1, 0.15) is 45.4 Å². The molecule has 4 rings (SSSR count). The minimum Gasteiger partial charge on any atom is -0.492 e. The fourth-order valence-electron chi connectivity index (χ4n) is 4.28. The Morgan fingerprint density at radius 3 is 2.46 bits per heavy atom. The summed E-state index contributed by atoms with van der Waals surface area (Å²) in [5.41, 5.74) is 9.18. The quantitative estimate of drug-likeness (QED) is 0.272. The minimum atomic E-state index is -0.550. The van der Waals surface area contributed by atoms with E-state index in [9.17, 15) is 9.18 Å². The molecule has 1 aromatic carbocycles. The molecule has 0 radical (unpaired) electrons. The summed E-state index contributed by atoms with van der Waals surface area (Å²) in [4.78, 5) is 23.1. The Kier molecular flexibility index (Phi) is 9.60. The van der Waals surface area contributed by atoms with Gasteiger partial charge in [-0.2, -0.15) is 0 Å². The van der Waals surface area contributed by atoms with Crippen LogP contribution in [-0.4, -0.2) is 52.9 Å². The first-order chi connectivity index (χ1) is 19.5. The molecular formula is C30H33Cl2FN4O4. The number of nitrogens with two attached hydrogens (primary N) is 1. The zero-order valence-corrected chi connectivity index (χ0v) is 25.0. The van der Waals surface area contributed by atoms with Gasteiger partial charge in [0.1, 0.15) is 22.9 Å². The smallest absolute Gasteiger partial charge is 0.410 e. The second-order valence-electron chi connectivity index (χ2n) is 10.4. The first-order valence-corrected chi connectivity index (χ1v) is 14.0. The molecule has 0 aliphatic carbocycles. The number of nitrogens with zero attached hydrogens (tertiary/aromatic N) is 3. The van der Waals surface area contributed by atoms with Gasteiger partial charge in [-0.1, -0.05) is 29.3 Å². The zero-order chi connectivity index (χ0) is 29.7. The van der Waals surface area contributed by atoms with Crippen LogP contribution in [0.5, 0.6) is 11.5 Å². The van der Waals surface area contributed by atoms with Gasteiger partial charge in [-0.05, 0) is 69.5 Å². The van der Waals surface area contributed by atoms with Crippen LogP contribution >= 0.6 is 23.2 Å². The summed E-state index contributed by atoms with van der Waals surface area (Å²) in [7, 11) is 0. The number of halogens is 3. The van der Waals surface area contributed by atoms with E-state index in [0.717, 1.165) is 22.4 Å². The highest BCUT2D eigenvalue weighted by molar-refractivity contribution is 6.36. The van der Waals surface area contributed by atoms with E-state index < -0.39 is 11.4 Å². The van der Waals surface area contributed by atoms with E-state index in [1.165, 1.54) is 12.1 Å². The van der Waals surface area contributed by atoms with Crippen LogP contribution in [0.2, 0.25) is 10.0 Å². The molecule has 3 heterocycles. The van der Waals surface area contributed by atoms with Crippen LogP contribution in [0.4, 0.5) is 15.0 Å². The average molecular weight is 604 g/mol. The first-order valence-electron chi connectivity index (χ1n) is 13.3. The molecule has 0 unspecified atom stereocenters. The molecule has 0 bridgehead atoms. The van der Waals surface area contributed by atoms with Gasteiger partial charge in [-0.3, -0.25) is 4.98 Å². The number of carbonyl (C=O) groups excluding carboxylic acids is 1. The number of hydrogen-bond donors (Lipinski definition) is 1. The molecular weight excluding hydrogens is 570 g/mol. The number of pyridine rings is 2. The molecule has 3 aromatic rings. The predicted molar refractivity (Wildman–Crippen MR) is 159 cm³/mol. The SMILES string of the molecule is CCOc1cc(-c2cnc(N)c(OCCc3c(Cl)ccc(F)c3Cl)c2)cnc1C1=CCN(C(=O)OC(C)(C)C)CC1. The van der Waals surface area contributed by atoms with E-state index in [2.05, 4.69) is 4.98 Å².